The van der Waals surface area contributed by atoms with Crippen molar-refractivity contribution in [3.8, 4) is 6.07 Å². The number of pyridine rings is 1. The number of carbonyl (C=O) groups is 3. The number of rotatable bonds is 7. The summed E-state index contributed by atoms with van der Waals surface area (Å²) in [6.07, 6.45) is 7.20. The molecule has 2 N–H and O–H groups in total. The van der Waals surface area contributed by atoms with Crippen molar-refractivity contribution < 1.29 is 19.1 Å². The lowest BCUT2D eigenvalue weighted by Gasteiger charge is -2.27. The molecule has 2 aromatic rings. The van der Waals surface area contributed by atoms with Crippen LogP contribution in [-0.2, 0) is 27.3 Å². The number of amides is 3. The number of nitrogens with zero attached hydrogens (tertiary/aromatic N) is 3. The zero-order chi connectivity index (χ0) is 25.4. The molecule has 2 aromatic heterocycles. The van der Waals surface area contributed by atoms with E-state index in [1.165, 1.54) is 17.4 Å². The third-order valence-corrected chi connectivity index (χ3v) is 6.24. The fraction of sp³-hybridized carbons (Fsp3) is 0.400. The number of hydrogen-bond acceptors (Lipinski definition) is 7. The van der Waals surface area contributed by atoms with Crippen molar-refractivity contribution in [1.82, 2.24) is 15.2 Å². The van der Waals surface area contributed by atoms with Crippen LogP contribution >= 0.6 is 11.3 Å². The van der Waals surface area contributed by atoms with E-state index >= 15 is 0 Å². The van der Waals surface area contributed by atoms with Gasteiger partial charge in [-0.15, -0.1) is 11.3 Å². The molecule has 0 aromatic carbocycles. The van der Waals surface area contributed by atoms with E-state index in [2.05, 4.69) is 21.7 Å². The maximum absolute atomic E-state index is 12.7. The number of nitrogens with one attached hydrogen (secondary N) is 2. The summed E-state index contributed by atoms with van der Waals surface area (Å²) in [4.78, 5) is 43.4. The zero-order valence-electron chi connectivity index (χ0n) is 20.1. The molecule has 0 radical (unpaired) electrons. The molecular formula is C25H29N5O4S. The first-order valence-electron chi connectivity index (χ1n) is 11.3. The molecule has 9 nitrogen and oxygen atoms in total. The van der Waals surface area contributed by atoms with Gasteiger partial charge < -0.3 is 20.3 Å². The minimum absolute atomic E-state index is 0.0152. The molecule has 35 heavy (non-hydrogen) atoms. The Bertz CT molecular complexity index is 1150. The number of nitriles is 1. The molecule has 0 spiro atoms. The van der Waals surface area contributed by atoms with Crippen LogP contribution < -0.4 is 10.6 Å². The predicted octanol–water partition coefficient (Wildman–Crippen LogP) is 3.86. The summed E-state index contributed by atoms with van der Waals surface area (Å²) in [5, 5.41) is 15.6. The molecule has 0 bridgehead atoms. The Morgan fingerprint density at radius 3 is 2.83 bits per heavy atom. The van der Waals surface area contributed by atoms with Crippen LogP contribution in [0.5, 0.6) is 0 Å². The molecule has 0 atom stereocenters. The van der Waals surface area contributed by atoms with Gasteiger partial charge in [0.25, 0.3) is 0 Å². The van der Waals surface area contributed by atoms with Crippen molar-refractivity contribution in [2.24, 2.45) is 0 Å². The van der Waals surface area contributed by atoms with E-state index in [1.807, 2.05) is 6.07 Å². The molecule has 10 heteroatoms. The van der Waals surface area contributed by atoms with Gasteiger partial charge in [0, 0.05) is 42.9 Å². The van der Waals surface area contributed by atoms with Crippen molar-refractivity contribution >= 4 is 40.3 Å². The van der Waals surface area contributed by atoms with E-state index in [0.29, 0.717) is 49.5 Å². The monoisotopic (exact) mass is 495 g/mol. The Kier molecular flexibility index (Phi) is 8.60. The first kappa shape index (κ1) is 25.9. The molecule has 0 unspecified atom stereocenters. The third kappa shape index (κ3) is 7.65. The number of carbonyl (C=O) groups excluding carboxylic acids is 3. The van der Waals surface area contributed by atoms with Crippen molar-refractivity contribution in [1.29, 1.82) is 5.26 Å². The summed E-state index contributed by atoms with van der Waals surface area (Å²) < 4.78 is 5.18. The Morgan fingerprint density at radius 1 is 1.34 bits per heavy atom. The number of alkyl carbamates (subject to hydrolysis) is 1. The summed E-state index contributed by atoms with van der Waals surface area (Å²) in [6, 6.07) is 5.82. The summed E-state index contributed by atoms with van der Waals surface area (Å²) in [5.74, 6) is -0.354. The molecule has 0 fully saturated rings. The highest BCUT2D eigenvalue weighted by Crippen LogP contribution is 2.36. The standard InChI is InChI=1S/C25H29N5O4S/c1-25(2,3)34-24(33)28-12-5-7-22(32)30-13-10-18-19(14-26)23(35-20(18)16-30)29-21(31)9-8-17-6-4-11-27-15-17/h4,6,8-9,11,15H,5,7,10,12-13,16H2,1-3H3,(H,28,33)(H,29,31). The van der Waals surface area contributed by atoms with Crippen LogP contribution in [0.1, 0.15) is 55.2 Å². The molecular weight excluding hydrogens is 466 g/mol. The summed E-state index contributed by atoms with van der Waals surface area (Å²) in [6.45, 7) is 6.62. The first-order chi connectivity index (χ1) is 16.7. The van der Waals surface area contributed by atoms with Gasteiger partial charge in [0.05, 0.1) is 12.1 Å². The van der Waals surface area contributed by atoms with E-state index in [-0.39, 0.29) is 11.8 Å². The van der Waals surface area contributed by atoms with Crippen LogP contribution in [0.15, 0.2) is 30.6 Å². The largest absolute Gasteiger partial charge is 0.444 e. The van der Waals surface area contributed by atoms with Crippen LogP contribution in [0.25, 0.3) is 6.08 Å². The number of thiophene rings is 1. The number of fused-ring (bicyclic) bond motifs is 1. The van der Waals surface area contributed by atoms with Gasteiger partial charge in [-0.3, -0.25) is 14.6 Å². The highest BCUT2D eigenvalue weighted by atomic mass is 32.1. The Balaban J connectivity index is 1.54. The topological polar surface area (TPSA) is 124 Å². The van der Waals surface area contributed by atoms with Crippen LogP contribution in [-0.4, -0.2) is 46.5 Å². The van der Waals surface area contributed by atoms with E-state index in [1.54, 1.807) is 50.2 Å². The Hall–Kier alpha value is -3.71. The minimum Gasteiger partial charge on any atom is -0.444 e. The highest BCUT2D eigenvalue weighted by Gasteiger charge is 2.27. The highest BCUT2D eigenvalue weighted by molar-refractivity contribution is 7.16. The molecule has 1 aliphatic heterocycles. The lowest BCUT2D eigenvalue weighted by atomic mass is 10.0. The summed E-state index contributed by atoms with van der Waals surface area (Å²) in [5.41, 5.74) is 1.58. The smallest absolute Gasteiger partial charge is 0.407 e. The lowest BCUT2D eigenvalue weighted by Crippen LogP contribution is -2.36. The number of anilines is 1. The third-order valence-electron chi connectivity index (χ3n) is 5.11. The first-order valence-corrected chi connectivity index (χ1v) is 12.2. The van der Waals surface area contributed by atoms with E-state index in [0.717, 1.165) is 16.0 Å². The second-order valence-electron chi connectivity index (χ2n) is 9.03. The Labute approximate surface area is 208 Å². The van der Waals surface area contributed by atoms with Gasteiger partial charge in [-0.1, -0.05) is 6.07 Å². The van der Waals surface area contributed by atoms with Gasteiger partial charge in [-0.05, 0) is 56.9 Å². The average molecular weight is 496 g/mol. The average Bonchev–Trinajstić information content (AvgIpc) is 3.15. The van der Waals surface area contributed by atoms with Gasteiger partial charge in [0.15, 0.2) is 0 Å². The molecule has 3 heterocycles. The fourth-order valence-corrected chi connectivity index (χ4v) is 4.74. The molecule has 0 saturated carbocycles. The normalized spacial score (nSPS) is 13.1. The molecule has 0 saturated heterocycles. The van der Waals surface area contributed by atoms with Gasteiger partial charge >= 0.3 is 6.09 Å². The lowest BCUT2D eigenvalue weighted by molar-refractivity contribution is -0.132. The van der Waals surface area contributed by atoms with Gasteiger partial charge in [0.1, 0.15) is 16.7 Å². The Morgan fingerprint density at radius 2 is 2.14 bits per heavy atom. The molecule has 1 aliphatic rings. The number of aromatic nitrogens is 1. The maximum atomic E-state index is 12.7. The zero-order valence-corrected chi connectivity index (χ0v) is 20.9. The van der Waals surface area contributed by atoms with Crippen LogP contribution in [0.3, 0.4) is 0 Å². The second-order valence-corrected chi connectivity index (χ2v) is 10.1. The van der Waals surface area contributed by atoms with Crippen molar-refractivity contribution in [3.05, 3.63) is 52.2 Å². The second kappa shape index (κ2) is 11.6. The van der Waals surface area contributed by atoms with E-state index in [4.69, 9.17) is 4.74 Å². The quantitative estimate of drug-likeness (QED) is 0.444. The van der Waals surface area contributed by atoms with E-state index in [9.17, 15) is 19.6 Å². The summed E-state index contributed by atoms with van der Waals surface area (Å²) in [7, 11) is 0. The summed E-state index contributed by atoms with van der Waals surface area (Å²) >= 11 is 1.33. The number of hydrogen-bond donors (Lipinski definition) is 2. The van der Waals surface area contributed by atoms with Crippen LogP contribution in [0.2, 0.25) is 0 Å². The van der Waals surface area contributed by atoms with Gasteiger partial charge in [0.2, 0.25) is 11.8 Å². The van der Waals surface area contributed by atoms with Crippen molar-refractivity contribution in [2.75, 3.05) is 18.4 Å². The molecule has 0 aliphatic carbocycles. The van der Waals surface area contributed by atoms with Crippen LogP contribution in [0, 0.1) is 11.3 Å². The maximum Gasteiger partial charge on any atom is 0.407 e. The minimum atomic E-state index is -0.567. The van der Waals surface area contributed by atoms with Crippen molar-refractivity contribution in [3.63, 3.8) is 0 Å². The molecule has 3 rings (SSSR count). The van der Waals surface area contributed by atoms with Crippen LogP contribution in [0.4, 0.5) is 9.80 Å². The SMILES string of the molecule is CC(C)(C)OC(=O)NCCCC(=O)N1CCc2c(sc(NC(=O)C=Cc3cccnc3)c2C#N)C1. The van der Waals surface area contributed by atoms with Crippen molar-refractivity contribution in [2.45, 2.75) is 52.2 Å². The molecule has 184 valence electrons. The number of ether oxygens (including phenoxy) is 1. The predicted molar refractivity (Wildman–Crippen MR) is 134 cm³/mol. The van der Waals surface area contributed by atoms with Gasteiger partial charge in [-0.25, -0.2) is 4.79 Å². The molecule has 3 amide bonds. The van der Waals surface area contributed by atoms with Gasteiger partial charge in [-0.2, -0.15) is 5.26 Å². The fourth-order valence-electron chi connectivity index (χ4n) is 3.53. The van der Waals surface area contributed by atoms with E-state index < -0.39 is 11.7 Å².